The van der Waals surface area contributed by atoms with E-state index >= 15 is 0 Å². The van der Waals surface area contributed by atoms with Crippen molar-refractivity contribution in [1.82, 2.24) is 14.8 Å². The molecular formula is C15H23N3. The summed E-state index contributed by atoms with van der Waals surface area (Å²) in [5.41, 5.74) is 0.592. The zero-order valence-electron chi connectivity index (χ0n) is 11.3. The van der Waals surface area contributed by atoms with Crippen LogP contribution in [0.1, 0.15) is 51.3 Å². The molecule has 0 saturated heterocycles. The van der Waals surface area contributed by atoms with Crippen LogP contribution in [-0.2, 0) is 13.0 Å². The molecule has 4 bridgehead atoms. The summed E-state index contributed by atoms with van der Waals surface area (Å²) >= 11 is 0. The van der Waals surface area contributed by atoms with Gasteiger partial charge in [0.05, 0.1) is 0 Å². The van der Waals surface area contributed by atoms with Crippen LogP contribution in [0.4, 0.5) is 0 Å². The second kappa shape index (κ2) is 3.82. The van der Waals surface area contributed by atoms with Crippen molar-refractivity contribution in [1.29, 1.82) is 0 Å². The minimum Gasteiger partial charge on any atom is -0.318 e. The first-order chi connectivity index (χ1) is 8.76. The lowest BCUT2D eigenvalue weighted by atomic mass is 9.49. The van der Waals surface area contributed by atoms with Crippen LogP contribution < -0.4 is 0 Å². The number of nitrogens with zero attached hydrogens (tertiary/aromatic N) is 3. The van der Waals surface area contributed by atoms with Gasteiger partial charge in [0.25, 0.3) is 0 Å². The van der Waals surface area contributed by atoms with Crippen molar-refractivity contribution in [2.24, 2.45) is 23.2 Å². The summed E-state index contributed by atoms with van der Waals surface area (Å²) in [6.07, 6.45) is 12.1. The first-order valence-electron chi connectivity index (χ1n) is 7.63. The number of rotatable bonds is 3. The van der Waals surface area contributed by atoms with Crippen LogP contribution in [0.2, 0.25) is 0 Å². The zero-order chi connectivity index (χ0) is 12.2. The Labute approximate surface area is 109 Å². The van der Waals surface area contributed by atoms with E-state index in [9.17, 15) is 0 Å². The van der Waals surface area contributed by atoms with E-state index in [1.807, 2.05) is 6.33 Å². The summed E-state index contributed by atoms with van der Waals surface area (Å²) in [6.45, 7) is 3.20. The van der Waals surface area contributed by atoms with Gasteiger partial charge in [0.2, 0.25) is 0 Å². The molecule has 0 spiro atoms. The van der Waals surface area contributed by atoms with E-state index in [1.165, 1.54) is 50.8 Å². The topological polar surface area (TPSA) is 30.7 Å². The molecule has 0 radical (unpaired) electrons. The molecule has 1 aromatic heterocycles. The second-order valence-corrected chi connectivity index (χ2v) is 7.13. The lowest BCUT2D eigenvalue weighted by Crippen LogP contribution is -2.47. The van der Waals surface area contributed by atoms with Crippen LogP contribution in [0.5, 0.6) is 0 Å². The van der Waals surface area contributed by atoms with Crippen molar-refractivity contribution in [2.45, 2.75) is 58.4 Å². The van der Waals surface area contributed by atoms with E-state index in [-0.39, 0.29) is 0 Å². The molecule has 98 valence electrons. The number of hydrogen-bond acceptors (Lipinski definition) is 2. The second-order valence-electron chi connectivity index (χ2n) is 7.13. The molecule has 3 nitrogen and oxygen atoms in total. The summed E-state index contributed by atoms with van der Waals surface area (Å²) in [4.78, 5) is 0. The minimum atomic E-state index is 0.592. The van der Waals surface area contributed by atoms with Crippen molar-refractivity contribution >= 4 is 0 Å². The van der Waals surface area contributed by atoms with Crippen LogP contribution >= 0.6 is 0 Å². The van der Waals surface area contributed by atoms with Crippen LogP contribution in [0.3, 0.4) is 0 Å². The smallest absolute Gasteiger partial charge is 0.133 e. The third kappa shape index (κ3) is 1.63. The van der Waals surface area contributed by atoms with E-state index in [1.54, 1.807) is 0 Å². The molecule has 3 heteroatoms. The van der Waals surface area contributed by atoms with Crippen molar-refractivity contribution in [3.8, 4) is 0 Å². The maximum Gasteiger partial charge on any atom is 0.133 e. The SMILES string of the molecule is CCn1cnnc1CC12CC3CC(CC(C3)C1)C2. The van der Waals surface area contributed by atoms with Crippen LogP contribution in [0, 0.1) is 23.2 Å². The Hall–Kier alpha value is -0.860. The molecule has 1 heterocycles. The highest BCUT2D eigenvalue weighted by Gasteiger charge is 2.51. The molecule has 5 rings (SSSR count). The van der Waals surface area contributed by atoms with Gasteiger partial charge in [-0.1, -0.05) is 0 Å². The molecule has 0 N–H and O–H groups in total. The highest BCUT2D eigenvalue weighted by Crippen LogP contribution is 2.60. The predicted octanol–water partition coefficient (Wildman–Crippen LogP) is 3.06. The third-order valence-corrected chi connectivity index (χ3v) is 5.73. The molecule has 0 amide bonds. The van der Waals surface area contributed by atoms with E-state index in [4.69, 9.17) is 0 Å². The average molecular weight is 245 g/mol. The Balaban J connectivity index is 1.61. The van der Waals surface area contributed by atoms with Gasteiger partial charge >= 0.3 is 0 Å². The predicted molar refractivity (Wildman–Crippen MR) is 70.0 cm³/mol. The number of hydrogen-bond donors (Lipinski definition) is 0. The quantitative estimate of drug-likeness (QED) is 0.819. The molecular weight excluding hydrogens is 222 g/mol. The fraction of sp³-hybridized carbons (Fsp3) is 0.867. The van der Waals surface area contributed by atoms with Crippen LogP contribution in [0.25, 0.3) is 0 Å². The molecule has 0 aliphatic heterocycles. The van der Waals surface area contributed by atoms with E-state index in [0.29, 0.717) is 5.41 Å². The first-order valence-corrected chi connectivity index (χ1v) is 7.63. The Morgan fingerprint density at radius 1 is 1.17 bits per heavy atom. The summed E-state index contributed by atoms with van der Waals surface area (Å²) < 4.78 is 2.23. The Kier molecular flexibility index (Phi) is 2.33. The number of aryl methyl sites for hydroxylation is 1. The Morgan fingerprint density at radius 3 is 2.33 bits per heavy atom. The summed E-state index contributed by atoms with van der Waals surface area (Å²) in [6, 6.07) is 0. The first kappa shape index (κ1) is 11.0. The number of aromatic nitrogens is 3. The summed E-state index contributed by atoms with van der Waals surface area (Å²) in [5.74, 6) is 4.34. The van der Waals surface area contributed by atoms with Crippen molar-refractivity contribution in [3.63, 3.8) is 0 Å². The normalized spacial score (nSPS) is 41.5. The van der Waals surface area contributed by atoms with Crippen molar-refractivity contribution in [2.75, 3.05) is 0 Å². The molecule has 18 heavy (non-hydrogen) atoms. The van der Waals surface area contributed by atoms with Gasteiger partial charge in [0.1, 0.15) is 12.2 Å². The van der Waals surface area contributed by atoms with Crippen molar-refractivity contribution in [3.05, 3.63) is 12.2 Å². The van der Waals surface area contributed by atoms with Gasteiger partial charge in [-0.05, 0) is 68.6 Å². The van der Waals surface area contributed by atoms with Gasteiger partial charge in [-0.3, -0.25) is 0 Å². The third-order valence-electron chi connectivity index (χ3n) is 5.73. The molecule has 0 unspecified atom stereocenters. The maximum absolute atomic E-state index is 4.38. The standard InChI is InChI=1S/C15H23N3/c1-2-18-10-16-17-14(18)9-15-6-11-3-12(7-15)5-13(4-11)8-15/h10-13H,2-9H2,1H3. The molecule has 0 aromatic carbocycles. The lowest BCUT2D eigenvalue weighted by Gasteiger charge is -2.56. The monoisotopic (exact) mass is 245 g/mol. The summed E-state index contributed by atoms with van der Waals surface area (Å²) in [5, 5.41) is 8.48. The summed E-state index contributed by atoms with van der Waals surface area (Å²) in [7, 11) is 0. The zero-order valence-corrected chi connectivity index (χ0v) is 11.3. The van der Waals surface area contributed by atoms with Crippen LogP contribution in [0.15, 0.2) is 6.33 Å². The van der Waals surface area contributed by atoms with Gasteiger partial charge in [-0.2, -0.15) is 0 Å². The van der Waals surface area contributed by atoms with Crippen molar-refractivity contribution < 1.29 is 0 Å². The molecule has 4 aliphatic rings. The Bertz CT molecular complexity index is 413. The molecule has 0 atom stereocenters. The minimum absolute atomic E-state index is 0.592. The largest absolute Gasteiger partial charge is 0.318 e. The van der Waals surface area contributed by atoms with Gasteiger partial charge in [-0.25, -0.2) is 0 Å². The lowest BCUT2D eigenvalue weighted by molar-refractivity contribution is -0.0535. The molecule has 4 aliphatic carbocycles. The Morgan fingerprint density at radius 2 is 1.78 bits per heavy atom. The van der Waals surface area contributed by atoms with Crippen LogP contribution in [-0.4, -0.2) is 14.8 Å². The van der Waals surface area contributed by atoms with E-state index in [0.717, 1.165) is 24.3 Å². The fourth-order valence-electron chi connectivity index (χ4n) is 5.52. The molecule has 4 fully saturated rings. The maximum atomic E-state index is 4.38. The van der Waals surface area contributed by atoms with E-state index < -0.39 is 0 Å². The van der Waals surface area contributed by atoms with Gasteiger partial charge in [-0.15, -0.1) is 10.2 Å². The molecule has 4 saturated carbocycles. The fourth-order valence-corrected chi connectivity index (χ4v) is 5.52. The van der Waals surface area contributed by atoms with Gasteiger partial charge < -0.3 is 4.57 Å². The average Bonchev–Trinajstić information content (AvgIpc) is 2.73. The highest BCUT2D eigenvalue weighted by molar-refractivity contribution is 5.05. The van der Waals surface area contributed by atoms with Gasteiger partial charge in [0.15, 0.2) is 0 Å². The molecule has 1 aromatic rings. The van der Waals surface area contributed by atoms with Gasteiger partial charge in [0, 0.05) is 13.0 Å². The van der Waals surface area contributed by atoms with E-state index in [2.05, 4.69) is 21.7 Å². The highest BCUT2D eigenvalue weighted by atomic mass is 15.3.